The van der Waals surface area contributed by atoms with E-state index in [9.17, 15) is 4.79 Å². The maximum atomic E-state index is 11.7. The van der Waals surface area contributed by atoms with Gasteiger partial charge < -0.3 is 9.84 Å². The Bertz CT molecular complexity index is 355. The number of aliphatic hydroxyl groups excluding tert-OH is 1. The number of ether oxygens (including phenoxy) is 1. The smallest absolute Gasteiger partial charge is 0.338 e. The van der Waals surface area contributed by atoms with E-state index in [1.807, 2.05) is 30.3 Å². The highest BCUT2D eigenvalue weighted by molar-refractivity contribution is 6.16. The molecule has 0 heterocycles. The summed E-state index contributed by atoms with van der Waals surface area (Å²) < 4.78 is 4.97. The van der Waals surface area contributed by atoms with E-state index in [2.05, 4.69) is 0 Å². The molecule has 1 aromatic rings. The number of aliphatic hydroxyl groups is 1. The van der Waals surface area contributed by atoms with Gasteiger partial charge in [0.05, 0.1) is 12.2 Å². The van der Waals surface area contributed by atoms with Gasteiger partial charge in [0.1, 0.15) is 0 Å². The lowest BCUT2D eigenvalue weighted by Crippen LogP contribution is -2.07. The summed E-state index contributed by atoms with van der Waals surface area (Å²) in [7, 11) is 0. The molecule has 1 aromatic carbocycles. The van der Waals surface area contributed by atoms with Gasteiger partial charge in [0.25, 0.3) is 0 Å². The van der Waals surface area contributed by atoms with Crippen molar-refractivity contribution in [2.24, 2.45) is 0 Å². The molecule has 0 saturated carbocycles. The van der Waals surface area contributed by atoms with Crippen LogP contribution in [0.3, 0.4) is 0 Å². The fourth-order valence-corrected chi connectivity index (χ4v) is 1.35. The highest BCUT2D eigenvalue weighted by Crippen LogP contribution is 2.16. The van der Waals surface area contributed by atoms with Crippen molar-refractivity contribution in [3.05, 3.63) is 42.0 Å². The minimum Gasteiger partial charge on any atom is -0.462 e. The molecule has 0 amide bonds. The third-order valence-corrected chi connectivity index (χ3v) is 2.06. The zero-order valence-corrected chi connectivity index (χ0v) is 9.35. The largest absolute Gasteiger partial charge is 0.462 e. The molecule has 1 N–H and O–H groups in total. The van der Waals surface area contributed by atoms with E-state index in [0.29, 0.717) is 18.6 Å². The van der Waals surface area contributed by atoms with Gasteiger partial charge >= 0.3 is 5.97 Å². The molecular formula is C13H16O3. The molecule has 0 aromatic heterocycles. The van der Waals surface area contributed by atoms with Crippen molar-refractivity contribution in [3.63, 3.8) is 0 Å². The molecule has 86 valence electrons. The molecule has 0 aliphatic rings. The van der Waals surface area contributed by atoms with Crippen molar-refractivity contribution in [1.29, 1.82) is 0 Å². The Hall–Kier alpha value is -1.61. The molecule has 3 heteroatoms. The van der Waals surface area contributed by atoms with E-state index >= 15 is 0 Å². The molecule has 0 radical (unpaired) electrons. The summed E-state index contributed by atoms with van der Waals surface area (Å²) in [6.07, 6.45) is 2.15. The van der Waals surface area contributed by atoms with Crippen molar-refractivity contribution >= 4 is 11.5 Å². The third kappa shape index (κ3) is 3.51. The highest BCUT2D eigenvalue weighted by atomic mass is 16.5. The third-order valence-electron chi connectivity index (χ3n) is 2.06. The van der Waals surface area contributed by atoms with Crippen molar-refractivity contribution < 1.29 is 14.6 Å². The van der Waals surface area contributed by atoms with E-state index < -0.39 is 0 Å². The fraction of sp³-hybridized carbons (Fsp3) is 0.308. The summed E-state index contributed by atoms with van der Waals surface area (Å²) in [6.45, 7) is 2.14. The van der Waals surface area contributed by atoms with Crippen LogP contribution < -0.4 is 0 Å². The lowest BCUT2D eigenvalue weighted by molar-refractivity contribution is -0.136. The summed E-state index contributed by atoms with van der Waals surface area (Å²) in [5.74, 6) is -0.345. The Morgan fingerprint density at radius 3 is 2.62 bits per heavy atom. The SMILES string of the molecule is CCOC(=O)C(=CCCO)c1ccccc1. The number of carbonyl (C=O) groups is 1. The van der Waals surface area contributed by atoms with Gasteiger partial charge in [-0.3, -0.25) is 0 Å². The zero-order chi connectivity index (χ0) is 11.8. The molecule has 0 fully saturated rings. The first-order chi connectivity index (χ1) is 7.79. The summed E-state index contributed by atoms with van der Waals surface area (Å²) >= 11 is 0. The van der Waals surface area contributed by atoms with Crippen molar-refractivity contribution in [2.45, 2.75) is 13.3 Å². The normalized spacial score (nSPS) is 11.2. The summed E-state index contributed by atoms with van der Waals surface area (Å²) in [5.41, 5.74) is 1.32. The van der Waals surface area contributed by atoms with Gasteiger partial charge in [-0.05, 0) is 18.9 Å². The molecule has 3 nitrogen and oxygen atoms in total. The van der Waals surface area contributed by atoms with E-state index in [1.54, 1.807) is 13.0 Å². The number of carbonyl (C=O) groups excluding carboxylic acids is 1. The minimum absolute atomic E-state index is 0.0236. The summed E-state index contributed by atoms with van der Waals surface area (Å²) in [5, 5.41) is 8.78. The van der Waals surface area contributed by atoms with Gasteiger partial charge in [0.15, 0.2) is 0 Å². The van der Waals surface area contributed by atoms with Crippen LogP contribution >= 0.6 is 0 Å². The maximum absolute atomic E-state index is 11.7. The maximum Gasteiger partial charge on any atom is 0.338 e. The van der Waals surface area contributed by atoms with Gasteiger partial charge in [-0.1, -0.05) is 36.4 Å². The van der Waals surface area contributed by atoms with Crippen LogP contribution in [0, 0.1) is 0 Å². The van der Waals surface area contributed by atoms with E-state index in [-0.39, 0.29) is 12.6 Å². The highest BCUT2D eigenvalue weighted by Gasteiger charge is 2.11. The Morgan fingerprint density at radius 1 is 1.38 bits per heavy atom. The van der Waals surface area contributed by atoms with Crippen molar-refractivity contribution in [2.75, 3.05) is 13.2 Å². The lowest BCUT2D eigenvalue weighted by Gasteiger charge is -2.06. The van der Waals surface area contributed by atoms with Crippen LogP contribution in [0.15, 0.2) is 36.4 Å². The predicted molar refractivity (Wildman–Crippen MR) is 62.8 cm³/mol. The second-order valence-electron chi connectivity index (χ2n) is 3.22. The first kappa shape index (κ1) is 12.5. The summed E-state index contributed by atoms with van der Waals surface area (Å²) in [4.78, 5) is 11.7. The number of hydrogen-bond acceptors (Lipinski definition) is 3. The molecule has 0 unspecified atom stereocenters. The number of rotatable bonds is 5. The molecule has 16 heavy (non-hydrogen) atoms. The lowest BCUT2D eigenvalue weighted by atomic mass is 10.1. The molecule has 0 aliphatic heterocycles. The Morgan fingerprint density at radius 2 is 2.06 bits per heavy atom. The molecule has 0 aliphatic carbocycles. The summed E-state index contributed by atoms with van der Waals surface area (Å²) in [6, 6.07) is 9.31. The Balaban J connectivity index is 2.92. The first-order valence-corrected chi connectivity index (χ1v) is 5.33. The second kappa shape index (κ2) is 6.80. The van der Waals surface area contributed by atoms with Crippen LogP contribution in [0.5, 0.6) is 0 Å². The van der Waals surface area contributed by atoms with E-state index in [4.69, 9.17) is 9.84 Å². The van der Waals surface area contributed by atoms with Crippen LogP contribution in [-0.4, -0.2) is 24.3 Å². The quantitative estimate of drug-likeness (QED) is 0.610. The topological polar surface area (TPSA) is 46.5 Å². The molecule has 0 saturated heterocycles. The average molecular weight is 220 g/mol. The molecular weight excluding hydrogens is 204 g/mol. The molecule has 0 bridgehead atoms. The first-order valence-electron chi connectivity index (χ1n) is 5.33. The van der Waals surface area contributed by atoms with Crippen LogP contribution in [0.1, 0.15) is 18.9 Å². The van der Waals surface area contributed by atoms with Gasteiger partial charge in [0.2, 0.25) is 0 Å². The fourth-order valence-electron chi connectivity index (χ4n) is 1.35. The second-order valence-corrected chi connectivity index (χ2v) is 3.22. The Labute approximate surface area is 95.4 Å². The molecule has 0 spiro atoms. The zero-order valence-electron chi connectivity index (χ0n) is 9.35. The van der Waals surface area contributed by atoms with Crippen LogP contribution in [0.2, 0.25) is 0 Å². The minimum atomic E-state index is -0.345. The number of hydrogen-bond donors (Lipinski definition) is 1. The van der Waals surface area contributed by atoms with Crippen molar-refractivity contribution in [3.8, 4) is 0 Å². The standard InChI is InChI=1S/C13H16O3/c1-2-16-13(15)12(9-6-10-14)11-7-4-3-5-8-11/h3-5,7-9,14H,2,6,10H2,1H3. The average Bonchev–Trinajstić information content (AvgIpc) is 2.31. The van der Waals surface area contributed by atoms with Gasteiger partial charge in [-0.2, -0.15) is 0 Å². The monoisotopic (exact) mass is 220 g/mol. The molecule has 1 rings (SSSR count). The van der Waals surface area contributed by atoms with E-state index in [0.717, 1.165) is 5.56 Å². The van der Waals surface area contributed by atoms with Gasteiger partial charge in [-0.25, -0.2) is 4.79 Å². The Kier molecular flexibility index (Phi) is 5.29. The van der Waals surface area contributed by atoms with Crippen LogP contribution in [-0.2, 0) is 9.53 Å². The van der Waals surface area contributed by atoms with Crippen LogP contribution in [0.25, 0.3) is 5.57 Å². The molecule has 0 atom stereocenters. The van der Waals surface area contributed by atoms with Crippen molar-refractivity contribution in [1.82, 2.24) is 0 Å². The van der Waals surface area contributed by atoms with E-state index in [1.165, 1.54) is 0 Å². The van der Waals surface area contributed by atoms with Gasteiger partial charge in [0, 0.05) is 6.61 Å². The predicted octanol–water partition coefficient (Wildman–Crippen LogP) is 2.02. The number of benzene rings is 1. The van der Waals surface area contributed by atoms with Crippen LogP contribution in [0.4, 0.5) is 0 Å². The van der Waals surface area contributed by atoms with Gasteiger partial charge in [-0.15, -0.1) is 0 Å². The number of esters is 1.